The lowest BCUT2D eigenvalue weighted by Gasteiger charge is -2.23. The fraction of sp³-hybridized carbons (Fsp3) is 0.286. The van der Waals surface area contributed by atoms with E-state index in [2.05, 4.69) is 60.6 Å². The highest BCUT2D eigenvalue weighted by Crippen LogP contribution is 2.19. The van der Waals surface area contributed by atoms with Gasteiger partial charge >= 0.3 is 0 Å². The number of allylic oxidation sites excluding steroid dienone is 8. The minimum Gasteiger partial charge on any atom is -0.345 e. The Kier molecular flexibility index (Phi) is 3.23. The topological polar surface area (TPSA) is 3.24 Å². The summed E-state index contributed by atoms with van der Waals surface area (Å²) in [6.45, 7) is 0. The van der Waals surface area contributed by atoms with Crippen molar-refractivity contribution in [3.8, 4) is 0 Å². The number of likely N-dealkylation sites (N-methyl/N-ethyl adjacent to an activating group) is 1. The monoisotopic (exact) mass is 199 g/mol. The van der Waals surface area contributed by atoms with Crippen molar-refractivity contribution in [1.82, 2.24) is 4.90 Å². The fourth-order valence-electron chi connectivity index (χ4n) is 1.79. The summed E-state index contributed by atoms with van der Waals surface area (Å²) in [5, 5.41) is 0. The van der Waals surface area contributed by atoms with Gasteiger partial charge in [0, 0.05) is 18.4 Å². The van der Waals surface area contributed by atoms with Crippen LogP contribution < -0.4 is 0 Å². The third-order valence-electron chi connectivity index (χ3n) is 2.71. The van der Waals surface area contributed by atoms with Crippen molar-refractivity contribution >= 4 is 0 Å². The summed E-state index contributed by atoms with van der Waals surface area (Å²) in [4.78, 5) is 2.24. The van der Waals surface area contributed by atoms with Crippen LogP contribution >= 0.6 is 0 Å². The minimum atomic E-state index is 1.03. The molecule has 0 saturated heterocycles. The number of hydrogen-bond acceptors (Lipinski definition) is 1. The van der Waals surface area contributed by atoms with E-state index in [1.54, 1.807) is 0 Å². The Hall–Kier alpha value is -1.50. The van der Waals surface area contributed by atoms with Crippen LogP contribution in [0.4, 0.5) is 0 Å². The van der Waals surface area contributed by atoms with Crippen LogP contribution in [0.1, 0.15) is 19.3 Å². The molecule has 2 aliphatic rings. The van der Waals surface area contributed by atoms with E-state index in [1.807, 2.05) is 0 Å². The standard InChI is InChI=1S/C14H17N/c1-15(14-11-7-4-8-12-14)13-9-5-2-3-6-10-13/h2,5-7,9-12H,3-4,8H2,1H3. The first kappa shape index (κ1) is 10.0. The normalized spacial score (nSPS) is 19.5. The average molecular weight is 199 g/mol. The smallest absolute Gasteiger partial charge is 0.0404 e. The van der Waals surface area contributed by atoms with Crippen LogP contribution in [-0.2, 0) is 0 Å². The van der Waals surface area contributed by atoms with Crippen molar-refractivity contribution in [2.75, 3.05) is 7.05 Å². The Labute approximate surface area is 91.8 Å². The van der Waals surface area contributed by atoms with E-state index in [1.165, 1.54) is 17.8 Å². The molecule has 78 valence electrons. The van der Waals surface area contributed by atoms with Gasteiger partial charge < -0.3 is 4.90 Å². The zero-order valence-corrected chi connectivity index (χ0v) is 9.19. The van der Waals surface area contributed by atoms with Crippen molar-refractivity contribution in [3.63, 3.8) is 0 Å². The highest BCUT2D eigenvalue weighted by Gasteiger charge is 2.06. The van der Waals surface area contributed by atoms with Crippen LogP contribution in [-0.4, -0.2) is 11.9 Å². The van der Waals surface area contributed by atoms with Gasteiger partial charge in [-0.3, -0.25) is 0 Å². The van der Waals surface area contributed by atoms with Gasteiger partial charge in [0.2, 0.25) is 0 Å². The second-order valence-corrected chi connectivity index (χ2v) is 3.83. The summed E-state index contributed by atoms with van der Waals surface area (Å²) in [5.74, 6) is 0. The molecule has 0 amide bonds. The van der Waals surface area contributed by atoms with Gasteiger partial charge in [0.1, 0.15) is 0 Å². The number of nitrogens with zero attached hydrogens (tertiary/aromatic N) is 1. The maximum atomic E-state index is 2.29. The largest absolute Gasteiger partial charge is 0.345 e. The average Bonchev–Trinajstić information content (AvgIpc) is 2.58. The van der Waals surface area contributed by atoms with Gasteiger partial charge in [0.15, 0.2) is 0 Å². The van der Waals surface area contributed by atoms with Crippen LogP contribution in [0.5, 0.6) is 0 Å². The van der Waals surface area contributed by atoms with Crippen molar-refractivity contribution < 1.29 is 0 Å². The Balaban J connectivity index is 2.16. The molecule has 1 nitrogen and oxygen atoms in total. The molecule has 0 aliphatic heterocycles. The molecule has 0 bridgehead atoms. The first-order valence-electron chi connectivity index (χ1n) is 5.52. The van der Waals surface area contributed by atoms with Crippen molar-refractivity contribution in [3.05, 3.63) is 60.0 Å². The van der Waals surface area contributed by atoms with Gasteiger partial charge in [-0.05, 0) is 37.5 Å². The first-order valence-corrected chi connectivity index (χ1v) is 5.52. The summed E-state index contributed by atoms with van der Waals surface area (Å²) in [6.07, 6.45) is 20.9. The van der Waals surface area contributed by atoms with Crippen molar-refractivity contribution in [2.45, 2.75) is 19.3 Å². The molecule has 0 aromatic carbocycles. The molecular formula is C14H17N. The highest BCUT2D eigenvalue weighted by molar-refractivity contribution is 5.33. The van der Waals surface area contributed by atoms with Gasteiger partial charge in [0.05, 0.1) is 0 Å². The summed E-state index contributed by atoms with van der Waals surface area (Å²) >= 11 is 0. The first-order chi connectivity index (χ1) is 7.38. The van der Waals surface area contributed by atoms with E-state index in [0.717, 1.165) is 12.8 Å². The molecule has 0 N–H and O–H groups in total. The second-order valence-electron chi connectivity index (χ2n) is 3.83. The van der Waals surface area contributed by atoms with E-state index >= 15 is 0 Å². The predicted octanol–water partition coefficient (Wildman–Crippen LogP) is 3.55. The molecule has 15 heavy (non-hydrogen) atoms. The molecule has 0 aromatic rings. The molecular weight excluding hydrogens is 182 g/mol. The quantitative estimate of drug-likeness (QED) is 0.657. The maximum Gasteiger partial charge on any atom is 0.0404 e. The summed E-state index contributed by atoms with van der Waals surface area (Å²) in [5.41, 5.74) is 2.55. The van der Waals surface area contributed by atoms with Crippen molar-refractivity contribution in [2.24, 2.45) is 0 Å². The third-order valence-corrected chi connectivity index (χ3v) is 2.71. The maximum absolute atomic E-state index is 2.29. The van der Waals surface area contributed by atoms with Gasteiger partial charge in [-0.25, -0.2) is 0 Å². The van der Waals surface area contributed by atoms with Gasteiger partial charge in [-0.15, -0.1) is 0 Å². The molecule has 0 spiro atoms. The van der Waals surface area contributed by atoms with E-state index in [0.29, 0.717) is 0 Å². The van der Waals surface area contributed by atoms with Crippen LogP contribution in [0.3, 0.4) is 0 Å². The molecule has 2 rings (SSSR count). The molecule has 0 atom stereocenters. The van der Waals surface area contributed by atoms with E-state index in [9.17, 15) is 0 Å². The Morgan fingerprint density at radius 2 is 1.87 bits per heavy atom. The van der Waals surface area contributed by atoms with Gasteiger partial charge in [-0.2, -0.15) is 0 Å². The van der Waals surface area contributed by atoms with Gasteiger partial charge in [-0.1, -0.05) is 30.4 Å². The Morgan fingerprint density at radius 1 is 1.00 bits per heavy atom. The molecule has 0 unspecified atom stereocenters. The van der Waals surface area contributed by atoms with Crippen LogP contribution in [0.15, 0.2) is 60.0 Å². The lowest BCUT2D eigenvalue weighted by atomic mass is 10.1. The fourth-order valence-corrected chi connectivity index (χ4v) is 1.79. The van der Waals surface area contributed by atoms with Gasteiger partial charge in [0.25, 0.3) is 0 Å². The highest BCUT2D eigenvalue weighted by atomic mass is 15.1. The Bertz CT molecular complexity index is 367. The van der Waals surface area contributed by atoms with Crippen molar-refractivity contribution in [1.29, 1.82) is 0 Å². The van der Waals surface area contributed by atoms with Crippen LogP contribution in [0.2, 0.25) is 0 Å². The zero-order chi connectivity index (χ0) is 10.5. The molecule has 0 aromatic heterocycles. The lowest BCUT2D eigenvalue weighted by molar-refractivity contribution is 0.547. The predicted molar refractivity (Wildman–Crippen MR) is 65.2 cm³/mol. The summed E-state index contributed by atoms with van der Waals surface area (Å²) < 4.78 is 0. The third kappa shape index (κ3) is 2.50. The second kappa shape index (κ2) is 4.83. The van der Waals surface area contributed by atoms with E-state index in [4.69, 9.17) is 0 Å². The van der Waals surface area contributed by atoms with E-state index in [-0.39, 0.29) is 0 Å². The summed E-state index contributed by atoms with van der Waals surface area (Å²) in [6, 6.07) is 0. The van der Waals surface area contributed by atoms with Crippen LogP contribution in [0, 0.1) is 0 Å². The molecule has 0 heterocycles. The van der Waals surface area contributed by atoms with E-state index < -0.39 is 0 Å². The number of hydrogen-bond donors (Lipinski definition) is 0. The SMILES string of the molecule is CN(C1=CC=CCC=C1)C1=CCCC=C1. The molecule has 0 saturated carbocycles. The minimum absolute atomic E-state index is 1.03. The molecule has 2 aliphatic carbocycles. The van der Waals surface area contributed by atoms with Crippen LogP contribution in [0.25, 0.3) is 0 Å². The Morgan fingerprint density at radius 3 is 2.67 bits per heavy atom. The molecule has 0 fully saturated rings. The number of rotatable bonds is 2. The zero-order valence-electron chi connectivity index (χ0n) is 9.19. The summed E-state index contributed by atoms with van der Waals surface area (Å²) in [7, 11) is 2.12. The molecule has 0 radical (unpaired) electrons. The molecule has 1 heteroatoms. The lowest BCUT2D eigenvalue weighted by Crippen LogP contribution is -2.15.